The van der Waals surface area contributed by atoms with Crippen molar-refractivity contribution in [2.75, 3.05) is 31.5 Å². The highest BCUT2D eigenvalue weighted by molar-refractivity contribution is 7.80. The number of thiocarbonyl (C=S) groups is 1. The fourth-order valence-electron chi connectivity index (χ4n) is 3.69. The van der Waals surface area contributed by atoms with E-state index in [4.69, 9.17) is 12.2 Å². The first-order chi connectivity index (χ1) is 13.2. The molecule has 2 N–H and O–H groups in total. The number of hydrogen-bond donors (Lipinski definition) is 2. The van der Waals surface area contributed by atoms with Crippen molar-refractivity contribution in [3.05, 3.63) is 52.2 Å². The Hall–Kier alpha value is -1.43. The summed E-state index contributed by atoms with van der Waals surface area (Å²) in [6.45, 7) is 8.04. The Morgan fingerprint density at radius 1 is 1.15 bits per heavy atom. The normalized spacial score (nSPS) is 14.9. The second-order valence-electron chi connectivity index (χ2n) is 7.40. The van der Waals surface area contributed by atoms with Gasteiger partial charge in [0.1, 0.15) is 0 Å². The van der Waals surface area contributed by atoms with Gasteiger partial charge >= 0.3 is 0 Å². The molecule has 1 saturated heterocycles. The van der Waals surface area contributed by atoms with Crippen LogP contribution in [0.5, 0.6) is 0 Å². The van der Waals surface area contributed by atoms with Crippen LogP contribution in [0.3, 0.4) is 0 Å². The Balaban J connectivity index is 1.56. The number of nitrogens with one attached hydrogen (secondary N) is 2. The highest BCUT2D eigenvalue weighted by Gasteiger charge is 2.16. The number of hydrogen-bond acceptors (Lipinski definition) is 2. The van der Waals surface area contributed by atoms with E-state index in [2.05, 4.69) is 58.9 Å². The molecular formula is C22H32N3S2+. The Kier molecular flexibility index (Phi) is 8.11. The molecule has 3 rings (SSSR count). The fourth-order valence-corrected chi connectivity index (χ4v) is 4.68. The summed E-state index contributed by atoms with van der Waals surface area (Å²) in [4.78, 5) is 5.47. The van der Waals surface area contributed by atoms with Gasteiger partial charge in [-0.1, -0.05) is 25.1 Å². The van der Waals surface area contributed by atoms with Crippen LogP contribution in [-0.4, -0.2) is 36.2 Å². The maximum absolute atomic E-state index is 5.77. The van der Waals surface area contributed by atoms with E-state index in [-0.39, 0.29) is 0 Å². The van der Waals surface area contributed by atoms with E-state index in [9.17, 15) is 0 Å². The number of thiophene rings is 1. The number of nitrogens with zero attached hydrogens (tertiary/aromatic N) is 1. The van der Waals surface area contributed by atoms with Crippen LogP contribution in [-0.2, 0) is 13.0 Å². The van der Waals surface area contributed by atoms with Crippen molar-refractivity contribution in [3.63, 3.8) is 0 Å². The maximum atomic E-state index is 5.77. The van der Waals surface area contributed by atoms with Crippen LogP contribution in [0.15, 0.2) is 41.8 Å². The number of quaternary nitrogens is 1. The maximum Gasteiger partial charge on any atom is 0.173 e. The van der Waals surface area contributed by atoms with Crippen molar-refractivity contribution in [1.29, 1.82) is 0 Å². The molecule has 3 nitrogen and oxygen atoms in total. The van der Waals surface area contributed by atoms with E-state index in [0.717, 1.165) is 30.3 Å². The largest absolute Gasteiger partial charge is 0.344 e. The van der Waals surface area contributed by atoms with Gasteiger partial charge in [-0.2, -0.15) is 0 Å². The van der Waals surface area contributed by atoms with Gasteiger partial charge in [-0.25, -0.2) is 0 Å². The molecule has 0 atom stereocenters. The van der Waals surface area contributed by atoms with Gasteiger partial charge in [-0.05, 0) is 67.0 Å². The predicted molar refractivity (Wildman–Crippen MR) is 121 cm³/mol. The summed E-state index contributed by atoms with van der Waals surface area (Å²) in [6, 6.07) is 12.9. The second-order valence-corrected chi connectivity index (χ2v) is 8.81. The minimum absolute atomic E-state index is 0.835. The topological polar surface area (TPSA) is 19.7 Å². The molecule has 146 valence electrons. The molecule has 1 aliphatic rings. The fraction of sp³-hybridized carbons (Fsp3) is 0.500. The van der Waals surface area contributed by atoms with Gasteiger partial charge in [0.25, 0.3) is 0 Å². The lowest BCUT2D eigenvalue weighted by Crippen LogP contribution is -3.12. The van der Waals surface area contributed by atoms with Crippen molar-refractivity contribution in [2.24, 2.45) is 0 Å². The first-order valence-electron chi connectivity index (χ1n) is 10.3. The summed E-state index contributed by atoms with van der Waals surface area (Å²) in [6.07, 6.45) is 6.45. The average Bonchev–Trinajstić information content (AvgIpc) is 3.22. The van der Waals surface area contributed by atoms with E-state index in [1.54, 1.807) is 4.90 Å². The minimum atomic E-state index is 0.835. The van der Waals surface area contributed by atoms with Gasteiger partial charge in [0.05, 0.1) is 26.2 Å². The van der Waals surface area contributed by atoms with Crippen LogP contribution >= 0.6 is 23.6 Å². The third-order valence-corrected chi connectivity index (χ3v) is 6.57. The van der Waals surface area contributed by atoms with Crippen LogP contribution in [0.4, 0.5) is 5.69 Å². The summed E-state index contributed by atoms with van der Waals surface area (Å²) in [5, 5.41) is 6.43. The minimum Gasteiger partial charge on any atom is -0.344 e. The second kappa shape index (κ2) is 10.8. The molecule has 0 radical (unpaired) electrons. The highest BCUT2D eigenvalue weighted by Crippen LogP contribution is 2.15. The van der Waals surface area contributed by atoms with E-state index in [0.29, 0.717) is 0 Å². The molecule has 2 heterocycles. The number of benzene rings is 1. The van der Waals surface area contributed by atoms with Crippen LogP contribution in [0.2, 0.25) is 0 Å². The Labute approximate surface area is 173 Å². The van der Waals surface area contributed by atoms with Gasteiger partial charge in [-0.3, -0.25) is 0 Å². The van der Waals surface area contributed by atoms with Crippen molar-refractivity contribution in [2.45, 2.75) is 45.6 Å². The molecule has 1 aromatic heterocycles. The number of rotatable bonds is 8. The van der Waals surface area contributed by atoms with Crippen LogP contribution in [0.25, 0.3) is 0 Å². The molecule has 2 aromatic rings. The highest BCUT2D eigenvalue weighted by atomic mass is 32.1. The third kappa shape index (κ3) is 6.59. The summed E-state index contributed by atoms with van der Waals surface area (Å²) in [5.41, 5.74) is 2.43. The molecule has 0 unspecified atom stereocenters. The lowest BCUT2D eigenvalue weighted by molar-refractivity contribution is -0.905. The number of likely N-dealkylation sites (tertiary alicyclic amines) is 1. The number of anilines is 1. The zero-order valence-corrected chi connectivity index (χ0v) is 18.0. The van der Waals surface area contributed by atoms with Crippen molar-refractivity contribution in [3.8, 4) is 0 Å². The van der Waals surface area contributed by atoms with Gasteiger partial charge in [0, 0.05) is 23.5 Å². The molecule has 1 fully saturated rings. The molecule has 5 heteroatoms. The number of piperidine rings is 1. The smallest absolute Gasteiger partial charge is 0.173 e. The zero-order chi connectivity index (χ0) is 18.9. The van der Waals surface area contributed by atoms with Crippen LogP contribution in [0.1, 0.15) is 43.0 Å². The molecule has 0 saturated carbocycles. The SMILES string of the molecule is CCc1ccc(NC(=S)N(CCC[NH+]2CCCCC2)Cc2cccs2)cc1. The summed E-state index contributed by atoms with van der Waals surface area (Å²) in [5.74, 6) is 0. The first kappa shape index (κ1) is 20.3. The van der Waals surface area contributed by atoms with Gasteiger partial charge < -0.3 is 15.1 Å². The van der Waals surface area contributed by atoms with Crippen molar-refractivity contribution >= 4 is 34.4 Å². The van der Waals surface area contributed by atoms with Crippen LogP contribution < -0.4 is 10.2 Å². The van der Waals surface area contributed by atoms with E-state index in [1.165, 1.54) is 55.8 Å². The van der Waals surface area contributed by atoms with Crippen molar-refractivity contribution in [1.82, 2.24) is 4.90 Å². The molecule has 0 aliphatic carbocycles. The van der Waals surface area contributed by atoms with Crippen LogP contribution in [0, 0.1) is 0 Å². The molecule has 1 aromatic carbocycles. The molecule has 1 aliphatic heterocycles. The summed E-state index contributed by atoms with van der Waals surface area (Å²) < 4.78 is 0. The van der Waals surface area contributed by atoms with Gasteiger partial charge in [0.15, 0.2) is 5.11 Å². The average molecular weight is 403 g/mol. The molecule has 0 bridgehead atoms. The summed E-state index contributed by atoms with van der Waals surface area (Å²) in [7, 11) is 0. The number of aryl methyl sites for hydroxylation is 1. The summed E-state index contributed by atoms with van der Waals surface area (Å²) >= 11 is 7.58. The lowest BCUT2D eigenvalue weighted by Gasteiger charge is -2.28. The van der Waals surface area contributed by atoms with Gasteiger partial charge in [0.2, 0.25) is 0 Å². The Morgan fingerprint density at radius 2 is 1.93 bits per heavy atom. The third-order valence-electron chi connectivity index (χ3n) is 5.35. The predicted octanol–water partition coefficient (Wildman–Crippen LogP) is 3.97. The van der Waals surface area contributed by atoms with E-state index in [1.807, 2.05) is 11.3 Å². The quantitative estimate of drug-likeness (QED) is 0.652. The zero-order valence-electron chi connectivity index (χ0n) is 16.4. The molecular weight excluding hydrogens is 370 g/mol. The Bertz CT molecular complexity index is 676. The lowest BCUT2D eigenvalue weighted by atomic mass is 10.1. The molecule has 27 heavy (non-hydrogen) atoms. The molecule has 0 spiro atoms. The van der Waals surface area contributed by atoms with Gasteiger partial charge in [-0.15, -0.1) is 11.3 Å². The van der Waals surface area contributed by atoms with Crippen molar-refractivity contribution < 1.29 is 4.90 Å². The monoisotopic (exact) mass is 402 g/mol. The standard InChI is InChI=1S/C22H31N3S2/c1-2-19-9-11-20(12-10-19)23-22(26)25(18-21-8-6-17-27-21)16-7-15-24-13-4-3-5-14-24/h6,8-12,17H,2-5,7,13-16,18H2,1H3,(H,23,26)/p+1. The Morgan fingerprint density at radius 3 is 2.59 bits per heavy atom. The molecule has 0 amide bonds. The van der Waals surface area contributed by atoms with E-state index >= 15 is 0 Å². The van der Waals surface area contributed by atoms with E-state index < -0.39 is 0 Å². The first-order valence-corrected chi connectivity index (χ1v) is 11.5.